The highest BCUT2D eigenvalue weighted by Crippen LogP contribution is 2.23. The second-order valence-electron chi connectivity index (χ2n) is 6.09. The van der Waals surface area contributed by atoms with Crippen LogP contribution in [0, 0.1) is 12.8 Å². The van der Waals surface area contributed by atoms with E-state index in [0.29, 0.717) is 25.6 Å². The lowest BCUT2D eigenvalue weighted by Crippen LogP contribution is -2.40. The van der Waals surface area contributed by atoms with Crippen LogP contribution in [0.25, 0.3) is 0 Å². The molecule has 0 unspecified atom stereocenters. The second-order valence-corrected chi connectivity index (χ2v) is 8.18. The Bertz CT molecular complexity index is 563. The zero-order chi connectivity index (χ0) is 16.0. The van der Waals surface area contributed by atoms with Gasteiger partial charge >= 0.3 is 0 Å². The Kier molecular flexibility index (Phi) is 6.26. The summed E-state index contributed by atoms with van der Waals surface area (Å²) in [4.78, 5) is 0. The molecule has 1 heterocycles. The predicted octanol–water partition coefficient (Wildman–Crippen LogP) is 3.22. The smallest absolute Gasteiger partial charge is 0.214 e. The molecule has 0 amide bonds. The lowest BCUT2D eigenvalue weighted by molar-refractivity contribution is 0.184. The molecule has 1 fully saturated rings. The van der Waals surface area contributed by atoms with Crippen molar-refractivity contribution in [2.45, 2.75) is 39.5 Å². The largest absolute Gasteiger partial charge is 0.493 e. The van der Waals surface area contributed by atoms with Gasteiger partial charge in [-0.2, -0.15) is 0 Å². The summed E-state index contributed by atoms with van der Waals surface area (Å²) in [5, 5.41) is 0. The Morgan fingerprint density at radius 1 is 1.23 bits per heavy atom. The number of sulfonamides is 1. The van der Waals surface area contributed by atoms with Gasteiger partial charge in [-0.15, -0.1) is 0 Å². The van der Waals surface area contributed by atoms with Crippen molar-refractivity contribution in [1.29, 1.82) is 0 Å². The van der Waals surface area contributed by atoms with Crippen LogP contribution in [-0.2, 0) is 10.0 Å². The molecular formula is C17H27NO3S. The number of ether oxygens (including phenoxy) is 1. The third-order valence-corrected chi connectivity index (χ3v) is 6.25. The van der Waals surface area contributed by atoms with E-state index >= 15 is 0 Å². The number of hydrogen-bond acceptors (Lipinski definition) is 3. The summed E-state index contributed by atoms with van der Waals surface area (Å²) in [6.07, 6.45) is 3.44. The first kappa shape index (κ1) is 17.3. The molecule has 22 heavy (non-hydrogen) atoms. The van der Waals surface area contributed by atoms with Crippen molar-refractivity contribution >= 4 is 10.0 Å². The van der Waals surface area contributed by atoms with Gasteiger partial charge < -0.3 is 4.74 Å². The van der Waals surface area contributed by atoms with E-state index in [9.17, 15) is 8.42 Å². The van der Waals surface area contributed by atoms with Gasteiger partial charge in [0, 0.05) is 13.1 Å². The van der Waals surface area contributed by atoms with Crippen LogP contribution in [0.5, 0.6) is 5.75 Å². The minimum absolute atomic E-state index is 0.286. The monoisotopic (exact) mass is 325 g/mol. The first-order valence-electron chi connectivity index (χ1n) is 8.19. The average Bonchev–Trinajstić information content (AvgIpc) is 2.53. The molecule has 2 rings (SSSR count). The standard InChI is InChI=1S/C17H27NO3S/c1-3-4-13-22(19,20)18-11-9-16(10-12-18)14-21-17-8-6-5-7-15(17)2/h5-8,16H,3-4,9-14H2,1-2H3. The Morgan fingerprint density at radius 2 is 1.91 bits per heavy atom. The van der Waals surface area contributed by atoms with E-state index in [0.717, 1.165) is 37.0 Å². The van der Waals surface area contributed by atoms with E-state index in [1.807, 2.05) is 38.1 Å². The van der Waals surface area contributed by atoms with Crippen LogP contribution in [0.4, 0.5) is 0 Å². The highest BCUT2D eigenvalue weighted by molar-refractivity contribution is 7.89. The van der Waals surface area contributed by atoms with Gasteiger partial charge in [0.2, 0.25) is 10.0 Å². The number of nitrogens with zero attached hydrogens (tertiary/aromatic N) is 1. The molecule has 0 saturated carbocycles. The van der Waals surface area contributed by atoms with Crippen molar-refractivity contribution in [3.05, 3.63) is 29.8 Å². The van der Waals surface area contributed by atoms with Crippen LogP contribution in [0.2, 0.25) is 0 Å². The summed E-state index contributed by atoms with van der Waals surface area (Å²) in [7, 11) is -3.05. The molecule has 0 radical (unpaired) electrons. The van der Waals surface area contributed by atoms with Gasteiger partial charge in [0.05, 0.1) is 12.4 Å². The molecule has 1 aromatic carbocycles. The number of para-hydroxylation sites is 1. The maximum atomic E-state index is 12.2. The Morgan fingerprint density at radius 3 is 2.55 bits per heavy atom. The van der Waals surface area contributed by atoms with Crippen LogP contribution < -0.4 is 4.74 Å². The molecule has 0 aromatic heterocycles. The number of unbranched alkanes of at least 4 members (excludes halogenated alkanes) is 1. The quantitative estimate of drug-likeness (QED) is 0.773. The van der Waals surface area contributed by atoms with E-state index in [1.165, 1.54) is 0 Å². The van der Waals surface area contributed by atoms with Crippen molar-refractivity contribution in [2.24, 2.45) is 5.92 Å². The van der Waals surface area contributed by atoms with Crippen molar-refractivity contribution in [3.63, 3.8) is 0 Å². The van der Waals surface area contributed by atoms with Gasteiger partial charge in [-0.25, -0.2) is 12.7 Å². The number of aryl methyl sites for hydroxylation is 1. The lowest BCUT2D eigenvalue weighted by atomic mass is 9.99. The number of benzene rings is 1. The SMILES string of the molecule is CCCCS(=O)(=O)N1CCC(COc2ccccc2C)CC1. The van der Waals surface area contributed by atoms with Crippen molar-refractivity contribution in [2.75, 3.05) is 25.4 Å². The number of piperidine rings is 1. The van der Waals surface area contributed by atoms with Crippen molar-refractivity contribution < 1.29 is 13.2 Å². The van der Waals surface area contributed by atoms with Crippen LogP contribution in [0.1, 0.15) is 38.2 Å². The fourth-order valence-electron chi connectivity index (χ4n) is 2.74. The van der Waals surface area contributed by atoms with Crippen LogP contribution in [0.15, 0.2) is 24.3 Å². The molecule has 0 aliphatic carbocycles. The highest BCUT2D eigenvalue weighted by Gasteiger charge is 2.27. The van der Waals surface area contributed by atoms with Crippen LogP contribution in [0.3, 0.4) is 0 Å². The van der Waals surface area contributed by atoms with Crippen LogP contribution >= 0.6 is 0 Å². The minimum Gasteiger partial charge on any atom is -0.493 e. The molecule has 0 bridgehead atoms. The molecule has 0 atom stereocenters. The van der Waals surface area contributed by atoms with E-state index in [4.69, 9.17) is 4.74 Å². The van der Waals surface area contributed by atoms with Gasteiger partial charge in [-0.1, -0.05) is 31.5 Å². The third kappa shape index (κ3) is 4.71. The summed E-state index contributed by atoms with van der Waals surface area (Å²) < 4.78 is 31.9. The van der Waals surface area contributed by atoms with Gasteiger partial charge in [0.25, 0.3) is 0 Å². The minimum atomic E-state index is -3.05. The summed E-state index contributed by atoms with van der Waals surface area (Å²) in [5.41, 5.74) is 1.14. The summed E-state index contributed by atoms with van der Waals surface area (Å²) in [6.45, 7) is 6.00. The first-order chi connectivity index (χ1) is 10.5. The summed E-state index contributed by atoms with van der Waals surface area (Å²) in [5.74, 6) is 1.66. The Hall–Kier alpha value is -1.07. The van der Waals surface area contributed by atoms with Gasteiger partial charge in [0.1, 0.15) is 5.75 Å². The van der Waals surface area contributed by atoms with E-state index in [1.54, 1.807) is 4.31 Å². The van der Waals surface area contributed by atoms with E-state index in [2.05, 4.69) is 0 Å². The fourth-order valence-corrected chi connectivity index (χ4v) is 4.41. The molecule has 1 aromatic rings. The molecule has 1 saturated heterocycles. The maximum Gasteiger partial charge on any atom is 0.214 e. The lowest BCUT2D eigenvalue weighted by Gasteiger charge is -2.31. The summed E-state index contributed by atoms with van der Waals surface area (Å²) in [6, 6.07) is 8.00. The third-order valence-electron chi connectivity index (χ3n) is 4.29. The molecule has 4 nitrogen and oxygen atoms in total. The highest BCUT2D eigenvalue weighted by atomic mass is 32.2. The molecule has 5 heteroatoms. The zero-order valence-corrected chi connectivity index (χ0v) is 14.4. The first-order valence-corrected chi connectivity index (χ1v) is 9.80. The number of rotatable bonds is 7. The molecule has 124 valence electrons. The van der Waals surface area contributed by atoms with Gasteiger partial charge in [-0.3, -0.25) is 0 Å². The fraction of sp³-hybridized carbons (Fsp3) is 0.647. The van der Waals surface area contributed by atoms with Crippen molar-refractivity contribution in [1.82, 2.24) is 4.31 Å². The number of hydrogen-bond donors (Lipinski definition) is 0. The van der Waals surface area contributed by atoms with E-state index in [-0.39, 0.29) is 5.75 Å². The van der Waals surface area contributed by atoms with Gasteiger partial charge in [0.15, 0.2) is 0 Å². The summed E-state index contributed by atoms with van der Waals surface area (Å²) >= 11 is 0. The normalized spacial score (nSPS) is 17.5. The van der Waals surface area contributed by atoms with Crippen molar-refractivity contribution in [3.8, 4) is 5.75 Å². The maximum absolute atomic E-state index is 12.2. The van der Waals surface area contributed by atoms with Crippen LogP contribution in [-0.4, -0.2) is 38.2 Å². The average molecular weight is 325 g/mol. The Labute approximate surface area is 134 Å². The molecular weight excluding hydrogens is 298 g/mol. The Balaban J connectivity index is 1.79. The van der Waals surface area contributed by atoms with Gasteiger partial charge in [-0.05, 0) is 43.7 Å². The molecule has 0 N–H and O–H groups in total. The molecule has 1 aliphatic rings. The zero-order valence-electron chi connectivity index (χ0n) is 13.6. The predicted molar refractivity (Wildman–Crippen MR) is 89.7 cm³/mol. The second kappa shape index (κ2) is 7.97. The van der Waals surface area contributed by atoms with E-state index < -0.39 is 10.0 Å². The topological polar surface area (TPSA) is 46.6 Å². The molecule has 1 aliphatic heterocycles. The molecule has 0 spiro atoms.